The summed E-state index contributed by atoms with van der Waals surface area (Å²) in [6, 6.07) is 0. The predicted octanol–water partition coefficient (Wildman–Crippen LogP) is 2.49. The number of rotatable bonds is 7. The zero-order valence-electron chi connectivity index (χ0n) is 12.1. The smallest absolute Gasteiger partial charge is 0.154 e. The highest BCUT2D eigenvalue weighted by atomic mass is 15.5. The number of hydrogen-bond acceptors (Lipinski definition) is 4. The fourth-order valence-corrected chi connectivity index (χ4v) is 3.19. The van der Waals surface area contributed by atoms with Crippen molar-refractivity contribution >= 4 is 0 Å². The van der Waals surface area contributed by atoms with Crippen molar-refractivity contribution in [1.82, 2.24) is 20.2 Å². The minimum atomic E-state index is 0.570. The van der Waals surface area contributed by atoms with E-state index in [1.165, 1.54) is 38.5 Å². The first-order valence-electron chi connectivity index (χ1n) is 7.81. The van der Waals surface area contributed by atoms with E-state index in [-0.39, 0.29) is 0 Å². The molecule has 5 nitrogen and oxygen atoms in total. The van der Waals surface area contributed by atoms with Gasteiger partial charge in [-0.3, -0.25) is 0 Å². The zero-order chi connectivity index (χ0) is 13.5. The molecule has 0 radical (unpaired) electrons. The van der Waals surface area contributed by atoms with Crippen molar-refractivity contribution in [2.24, 2.45) is 11.7 Å². The Hall–Kier alpha value is -0.970. The second-order valence-corrected chi connectivity index (χ2v) is 5.76. The van der Waals surface area contributed by atoms with Crippen molar-refractivity contribution in [1.29, 1.82) is 0 Å². The summed E-state index contributed by atoms with van der Waals surface area (Å²) >= 11 is 0. The lowest BCUT2D eigenvalue weighted by Gasteiger charge is -2.27. The fourth-order valence-electron chi connectivity index (χ4n) is 3.19. The van der Waals surface area contributed by atoms with Crippen LogP contribution < -0.4 is 5.73 Å². The quantitative estimate of drug-likeness (QED) is 0.769. The maximum atomic E-state index is 5.53. The number of unbranched alkanes of at least 4 members (excludes halogenated alkanes) is 1. The van der Waals surface area contributed by atoms with Crippen LogP contribution in [0.5, 0.6) is 0 Å². The third-order valence-electron chi connectivity index (χ3n) is 4.29. The van der Waals surface area contributed by atoms with E-state index < -0.39 is 0 Å². The summed E-state index contributed by atoms with van der Waals surface area (Å²) in [6.07, 6.45) is 9.99. The molecule has 5 heteroatoms. The van der Waals surface area contributed by atoms with Gasteiger partial charge in [0.05, 0.1) is 0 Å². The predicted molar refractivity (Wildman–Crippen MR) is 75.7 cm³/mol. The lowest BCUT2D eigenvalue weighted by Crippen LogP contribution is -2.18. The Morgan fingerprint density at radius 2 is 2.00 bits per heavy atom. The minimum Gasteiger partial charge on any atom is -0.330 e. The number of hydrogen-bond donors (Lipinski definition) is 1. The maximum absolute atomic E-state index is 5.53. The largest absolute Gasteiger partial charge is 0.330 e. The van der Waals surface area contributed by atoms with E-state index in [4.69, 9.17) is 5.73 Å². The Labute approximate surface area is 115 Å². The molecule has 1 saturated carbocycles. The van der Waals surface area contributed by atoms with Gasteiger partial charge in [-0.15, -0.1) is 5.10 Å². The van der Waals surface area contributed by atoms with Gasteiger partial charge in [0, 0.05) is 12.5 Å². The second-order valence-electron chi connectivity index (χ2n) is 5.76. The molecule has 0 spiro atoms. The van der Waals surface area contributed by atoms with E-state index in [0.29, 0.717) is 5.92 Å². The third-order valence-corrected chi connectivity index (χ3v) is 4.29. The van der Waals surface area contributed by atoms with Gasteiger partial charge in [-0.25, -0.2) is 4.68 Å². The van der Waals surface area contributed by atoms with Crippen molar-refractivity contribution in [3.05, 3.63) is 5.82 Å². The van der Waals surface area contributed by atoms with Crippen molar-refractivity contribution in [3.63, 3.8) is 0 Å². The highest BCUT2D eigenvalue weighted by molar-refractivity contribution is 4.96. The van der Waals surface area contributed by atoms with Gasteiger partial charge in [0.2, 0.25) is 0 Å². The molecule has 0 bridgehead atoms. The maximum Gasteiger partial charge on any atom is 0.154 e. The summed E-state index contributed by atoms with van der Waals surface area (Å²) in [5.41, 5.74) is 5.53. The molecule has 0 aliphatic heterocycles. The SMILES string of the molecule is CCCC1CCC(c2nnnn2CCCCN)CC1. The Balaban J connectivity index is 1.87. The van der Waals surface area contributed by atoms with Gasteiger partial charge in [0.1, 0.15) is 0 Å². The van der Waals surface area contributed by atoms with Crippen LogP contribution in [0.1, 0.15) is 70.0 Å². The lowest BCUT2D eigenvalue weighted by atomic mass is 9.80. The average Bonchev–Trinajstić information content (AvgIpc) is 2.89. The molecule has 0 aromatic carbocycles. The molecule has 0 amide bonds. The summed E-state index contributed by atoms with van der Waals surface area (Å²) in [7, 11) is 0. The van der Waals surface area contributed by atoms with Gasteiger partial charge < -0.3 is 5.73 Å². The third kappa shape index (κ3) is 4.00. The molecule has 1 aromatic heterocycles. The first-order chi connectivity index (χ1) is 9.35. The van der Waals surface area contributed by atoms with Crippen LogP contribution in [0.15, 0.2) is 0 Å². The molecule has 2 N–H and O–H groups in total. The van der Waals surface area contributed by atoms with E-state index in [1.807, 2.05) is 4.68 Å². The van der Waals surface area contributed by atoms with Gasteiger partial charge in [-0.05, 0) is 61.4 Å². The number of aromatic nitrogens is 4. The van der Waals surface area contributed by atoms with Crippen LogP contribution >= 0.6 is 0 Å². The molecule has 19 heavy (non-hydrogen) atoms. The highest BCUT2D eigenvalue weighted by Crippen LogP contribution is 2.36. The molecular formula is C14H27N5. The van der Waals surface area contributed by atoms with E-state index in [1.54, 1.807) is 0 Å². The monoisotopic (exact) mass is 265 g/mol. The molecule has 0 saturated heterocycles. The highest BCUT2D eigenvalue weighted by Gasteiger charge is 2.25. The van der Waals surface area contributed by atoms with Gasteiger partial charge in [0.25, 0.3) is 0 Å². The summed E-state index contributed by atoms with van der Waals surface area (Å²) in [5, 5.41) is 12.3. The van der Waals surface area contributed by atoms with Crippen LogP contribution in [-0.4, -0.2) is 26.8 Å². The summed E-state index contributed by atoms with van der Waals surface area (Å²) in [6.45, 7) is 3.94. The van der Waals surface area contributed by atoms with Crippen molar-refractivity contribution in [2.45, 2.75) is 70.8 Å². The molecule has 1 heterocycles. The summed E-state index contributed by atoms with van der Waals surface area (Å²) in [5.74, 6) is 2.61. The molecule has 1 aromatic rings. The van der Waals surface area contributed by atoms with Gasteiger partial charge in [0.15, 0.2) is 5.82 Å². The number of aryl methyl sites for hydroxylation is 1. The molecule has 0 unspecified atom stereocenters. The Kier molecular flexibility index (Phi) is 5.76. The molecule has 1 aliphatic carbocycles. The van der Waals surface area contributed by atoms with Crippen LogP contribution in [0.4, 0.5) is 0 Å². The van der Waals surface area contributed by atoms with E-state index in [2.05, 4.69) is 22.4 Å². The minimum absolute atomic E-state index is 0.570. The Morgan fingerprint density at radius 1 is 1.21 bits per heavy atom. The van der Waals surface area contributed by atoms with Crippen LogP contribution in [-0.2, 0) is 6.54 Å². The van der Waals surface area contributed by atoms with Crippen LogP contribution in [0.3, 0.4) is 0 Å². The molecule has 0 atom stereocenters. The first kappa shape index (κ1) is 14.4. The van der Waals surface area contributed by atoms with Gasteiger partial charge in [-0.2, -0.15) is 0 Å². The standard InChI is InChI=1S/C14H27N5/c1-2-5-12-6-8-13(9-7-12)14-16-17-18-19(14)11-4-3-10-15/h12-13H,2-11,15H2,1H3. The van der Waals surface area contributed by atoms with Crippen LogP contribution in [0.2, 0.25) is 0 Å². The Morgan fingerprint density at radius 3 is 2.68 bits per heavy atom. The van der Waals surface area contributed by atoms with Crippen LogP contribution in [0.25, 0.3) is 0 Å². The first-order valence-corrected chi connectivity index (χ1v) is 7.81. The number of tetrazole rings is 1. The number of nitrogens with zero attached hydrogens (tertiary/aromatic N) is 4. The summed E-state index contributed by atoms with van der Waals surface area (Å²) in [4.78, 5) is 0. The normalized spacial score (nSPS) is 23.7. The fraction of sp³-hybridized carbons (Fsp3) is 0.929. The van der Waals surface area contributed by atoms with Crippen molar-refractivity contribution < 1.29 is 0 Å². The molecule has 108 valence electrons. The van der Waals surface area contributed by atoms with E-state index in [9.17, 15) is 0 Å². The lowest BCUT2D eigenvalue weighted by molar-refractivity contribution is 0.295. The van der Waals surface area contributed by atoms with Crippen LogP contribution in [0, 0.1) is 5.92 Å². The molecule has 2 rings (SSSR count). The molecule has 1 aliphatic rings. The zero-order valence-corrected chi connectivity index (χ0v) is 12.1. The average molecular weight is 265 g/mol. The van der Waals surface area contributed by atoms with Gasteiger partial charge in [-0.1, -0.05) is 19.8 Å². The van der Waals surface area contributed by atoms with Crippen molar-refractivity contribution in [2.75, 3.05) is 6.54 Å². The van der Waals surface area contributed by atoms with Crippen molar-refractivity contribution in [3.8, 4) is 0 Å². The Bertz CT molecular complexity index is 354. The second kappa shape index (κ2) is 7.58. The molecule has 1 fully saturated rings. The van der Waals surface area contributed by atoms with E-state index >= 15 is 0 Å². The van der Waals surface area contributed by atoms with E-state index in [0.717, 1.165) is 37.7 Å². The number of nitrogens with two attached hydrogens (primary N) is 1. The molecular weight excluding hydrogens is 238 g/mol. The van der Waals surface area contributed by atoms with Gasteiger partial charge >= 0.3 is 0 Å². The summed E-state index contributed by atoms with van der Waals surface area (Å²) < 4.78 is 2.00. The topological polar surface area (TPSA) is 69.6 Å².